The maximum atomic E-state index is 5.50. The second-order valence-electron chi connectivity index (χ2n) is 2.08. The molecule has 0 fully saturated rings. The second kappa shape index (κ2) is 1.87. The molecule has 0 atom stereocenters. The van der Waals surface area contributed by atoms with Gasteiger partial charge in [0, 0.05) is 0 Å². The van der Waals surface area contributed by atoms with Crippen LogP contribution in [0, 0.1) is 0 Å². The molecule has 0 saturated heterocycles. The summed E-state index contributed by atoms with van der Waals surface area (Å²) in [6.07, 6.45) is 1.41. The molecule has 0 bridgehead atoms. The molecule has 0 unspecified atom stereocenters. The van der Waals surface area contributed by atoms with Gasteiger partial charge in [0.2, 0.25) is 0 Å². The molecule has 0 aliphatic rings. The van der Waals surface area contributed by atoms with E-state index >= 15 is 0 Å². The number of hydrogen-bond acceptors (Lipinski definition) is 2. The lowest BCUT2D eigenvalue weighted by atomic mass is 9.96. The average molecular weight is 129 g/mol. The third-order valence-electron chi connectivity index (χ3n) is 1.36. The van der Waals surface area contributed by atoms with Crippen LogP contribution >= 0.6 is 0 Å². The fourth-order valence-corrected chi connectivity index (χ4v) is 0.872. The molecule has 2 nitrogen and oxygen atoms in total. The Balaban J connectivity index is 2.86. The van der Waals surface area contributed by atoms with Crippen molar-refractivity contribution in [2.45, 2.75) is 0 Å². The van der Waals surface area contributed by atoms with Crippen LogP contribution in [0.4, 0.5) is 0 Å². The molecule has 1 aromatic heterocycles. The van der Waals surface area contributed by atoms with Gasteiger partial charge in [-0.3, -0.25) is 0 Å². The zero-order valence-corrected chi connectivity index (χ0v) is 5.24. The normalized spacial score (nSPS) is 10.4. The van der Waals surface area contributed by atoms with Gasteiger partial charge in [-0.2, -0.15) is 0 Å². The zero-order chi connectivity index (χ0) is 6.97. The first-order chi connectivity index (χ1) is 4.86. The highest BCUT2D eigenvalue weighted by Crippen LogP contribution is 2.07. The summed E-state index contributed by atoms with van der Waals surface area (Å²) in [7, 11) is 5.50. The molecule has 0 aliphatic carbocycles. The first-order valence-corrected chi connectivity index (χ1v) is 2.95. The van der Waals surface area contributed by atoms with Crippen LogP contribution in [0.15, 0.2) is 29.0 Å². The van der Waals surface area contributed by atoms with Crippen molar-refractivity contribution in [3.8, 4) is 0 Å². The Bertz CT molecular complexity index is 355. The van der Waals surface area contributed by atoms with Crippen molar-refractivity contribution in [2.75, 3.05) is 0 Å². The molecule has 0 amide bonds. The number of hydrogen-bond donors (Lipinski definition) is 0. The Labute approximate surface area is 59.3 Å². The van der Waals surface area contributed by atoms with Gasteiger partial charge in [-0.15, -0.1) is 0 Å². The average Bonchev–Trinajstić information content (AvgIpc) is 2.33. The lowest BCUT2D eigenvalue weighted by Crippen LogP contribution is -1.98. The van der Waals surface area contributed by atoms with Gasteiger partial charge in [-0.25, -0.2) is 4.98 Å². The van der Waals surface area contributed by atoms with Gasteiger partial charge >= 0.3 is 0 Å². The van der Waals surface area contributed by atoms with Gasteiger partial charge in [-0.1, -0.05) is 11.5 Å². The molecular weight excluding hydrogens is 125 g/mol. The fourth-order valence-electron chi connectivity index (χ4n) is 0.872. The fraction of sp³-hybridized carbons (Fsp3) is 0. The van der Waals surface area contributed by atoms with E-state index in [4.69, 9.17) is 12.3 Å². The molecular formula is C7H4BNO. The highest BCUT2D eigenvalue weighted by molar-refractivity contribution is 6.32. The number of benzene rings is 1. The predicted molar refractivity (Wildman–Crippen MR) is 39.4 cm³/mol. The minimum atomic E-state index is 0.698. The Morgan fingerprint density at radius 2 is 2.30 bits per heavy atom. The second-order valence-corrected chi connectivity index (χ2v) is 2.08. The van der Waals surface area contributed by atoms with E-state index in [1.165, 1.54) is 6.39 Å². The van der Waals surface area contributed by atoms with Gasteiger partial charge in [0.05, 0.1) is 0 Å². The van der Waals surface area contributed by atoms with Gasteiger partial charge < -0.3 is 4.42 Å². The summed E-state index contributed by atoms with van der Waals surface area (Å²) in [5.74, 6) is 0. The lowest BCUT2D eigenvalue weighted by Gasteiger charge is -1.87. The molecule has 2 aromatic rings. The molecule has 46 valence electrons. The standard InChI is InChI=1S/C7H4BNO/c8-5-1-2-6-7(3-5)10-4-9-6/h1-4H. The van der Waals surface area contributed by atoms with E-state index in [9.17, 15) is 0 Å². The van der Waals surface area contributed by atoms with Crippen molar-refractivity contribution in [1.29, 1.82) is 0 Å². The van der Waals surface area contributed by atoms with Crippen LogP contribution < -0.4 is 5.46 Å². The summed E-state index contributed by atoms with van der Waals surface area (Å²) in [4.78, 5) is 3.94. The summed E-state index contributed by atoms with van der Waals surface area (Å²) in [5.41, 5.74) is 2.28. The molecule has 3 heteroatoms. The molecule has 0 N–H and O–H groups in total. The van der Waals surface area contributed by atoms with E-state index < -0.39 is 0 Å². The van der Waals surface area contributed by atoms with Gasteiger partial charge in [0.15, 0.2) is 12.0 Å². The van der Waals surface area contributed by atoms with Crippen LogP contribution in [0.3, 0.4) is 0 Å². The van der Waals surface area contributed by atoms with Crippen molar-refractivity contribution in [2.24, 2.45) is 0 Å². The van der Waals surface area contributed by atoms with Gasteiger partial charge in [0.25, 0.3) is 0 Å². The third kappa shape index (κ3) is 0.710. The van der Waals surface area contributed by atoms with E-state index in [2.05, 4.69) is 4.98 Å². The molecule has 2 radical (unpaired) electrons. The van der Waals surface area contributed by atoms with Crippen LogP contribution in [-0.2, 0) is 0 Å². The highest BCUT2D eigenvalue weighted by atomic mass is 16.3. The quantitative estimate of drug-likeness (QED) is 0.487. The minimum absolute atomic E-state index is 0.698. The number of aromatic nitrogens is 1. The first-order valence-electron chi connectivity index (χ1n) is 2.95. The van der Waals surface area contributed by atoms with Crippen molar-refractivity contribution < 1.29 is 4.42 Å². The smallest absolute Gasteiger partial charge is 0.181 e. The summed E-state index contributed by atoms with van der Waals surface area (Å²) < 4.78 is 5.01. The molecule has 0 aliphatic heterocycles. The maximum Gasteiger partial charge on any atom is 0.181 e. The summed E-state index contributed by atoms with van der Waals surface area (Å²) in [6, 6.07) is 5.38. The van der Waals surface area contributed by atoms with Crippen LogP contribution in [0.25, 0.3) is 11.1 Å². The van der Waals surface area contributed by atoms with Crippen molar-refractivity contribution in [1.82, 2.24) is 4.98 Å². The van der Waals surface area contributed by atoms with Crippen LogP contribution in [0.1, 0.15) is 0 Å². The van der Waals surface area contributed by atoms with E-state index in [-0.39, 0.29) is 0 Å². The van der Waals surface area contributed by atoms with Crippen LogP contribution in [0.2, 0.25) is 0 Å². The van der Waals surface area contributed by atoms with Crippen molar-refractivity contribution in [3.63, 3.8) is 0 Å². The Morgan fingerprint density at radius 1 is 1.40 bits per heavy atom. The van der Waals surface area contributed by atoms with Crippen molar-refractivity contribution >= 4 is 24.4 Å². The van der Waals surface area contributed by atoms with E-state index in [0.29, 0.717) is 5.46 Å². The largest absolute Gasteiger partial charge is 0.444 e. The number of fused-ring (bicyclic) bond motifs is 1. The minimum Gasteiger partial charge on any atom is -0.444 e. The topological polar surface area (TPSA) is 26.0 Å². The SMILES string of the molecule is [B]c1ccc2ncoc2c1. The summed E-state index contributed by atoms with van der Waals surface area (Å²) in [6.45, 7) is 0. The number of rotatable bonds is 0. The molecule has 1 heterocycles. The van der Waals surface area contributed by atoms with Crippen molar-refractivity contribution in [3.05, 3.63) is 24.6 Å². The Kier molecular flexibility index (Phi) is 1.03. The lowest BCUT2D eigenvalue weighted by molar-refractivity contribution is 0.602. The van der Waals surface area contributed by atoms with E-state index in [0.717, 1.165) is 11.1 Å². The first kappa shape index (κ1) is 5.53. The molecule has 10 heavy (non-hydrogen) atoms. The van der Waals surface area contributed by atoms with Gasteiger partial charge in [-0.05, 0) is 12.1 Å². The predicted octanol–water partition coefficient (Wildman–Crippen LogP) is 0.622. The highest BCUT2D eigenvalue weighted by Gasteiger charge is 1.94. The van der Waals surface area contributed by atoms with Crippen LogP contribution in [0.5, 0.6) is 0 Å². The molecule has 0 saturated carbocycles. The number of nitrogens with zero attached hydrogens (tertiary/aromatic N) is 1. The van der Waals surface area contributed by atoms with E-state index in [1.54, 1.807) is 12.1 Å². The zero-order valence-electron chi connectivity index (χ0n) is 5.24. The Morgan fingerprint density at radius 3 is 3.20 bits per heavy atom. The molecule has 2 rings (SSSR count). The number of oxazole rings is 1. The third-order valence-corrected chi connectivity index (χ3v) is 1.36. The van der Waals surface area contributed by atoms with Gasteiger partial charge in [0.1, 0.15) is 13.4 Å². The Hall–Kier alpha value is -1.25. The monoisotopic (exact) mass is 129 g/mol. The summed E-state index contributed by atoms with van der Waals surface area (Å²) >= 11 is 0. The van der Waals surface area contributed by atoms with Crippen LogP contribution in [-0.4, -0.2) is 12.8 Å². The molecule has 1 aromatic carbocycles. The summed E-state index contributed by atoms with van der Waals surface area (Å²) in [5, 5.41) is 0. The molecule has 0 spiro atoms. The maximum absolute atomic E-state index is 5.50. The van der Waals surface area contributed by atoms with E-state index in [1.807, 2.05) is 6.07 Å².